The van der Waals surface area contributed by atoms with E-state index < -0.39 is 0 Å². The van der Waals surface area contributed by atoms with E-state index in [4.69, 9.17) is 9.47 Å². The molecule has 3 nitrogen and oxygen atoms in total. The van der Waals surface area contributed by atoms with E-state index in [0.29, 0.717) is 12.1 Å². The third-order valence-corrected chi connectivity index (χ3v) is 4.28. The average molecular weight is 275 g/mol. The molecule has 2 heterocycles. The molecule has 0 radical (unpaired) electrons. The van der Waals surface area contributed by atoms with E-state index in [0.717, 1.165) is 44.8 Å². The minimum Gasteiger partial charge on any atom is -0.493 e. The molecular weight excluding hydrogens is 250 g/mol. The smallest absolute Gasteiger partial charge is 0.122 e. The Labute approximate surface area is 121 Å². The summed E-state index contributed by atoms with van der Waals surface area (Å²) in [5.74, 6) is 1.07. The first-order valence-corrected chi connectivity index (χ1v) is 7.97. The van der Waals surface area contributed by atoms with Gasteiger partial charge in [-0.15, -0.1) is 0 Å². The zero-order valence-corrected chi connectivity index (χ0v) is 12.4. The highest BCUT2D eigenvalue weighted by molar-refractivity contribution is 5.40. The van der Waals surface area contributed by atoms with Crippen molar-refractivity contribution in [2.45, 2.75) is 51.2 Å². The summed E-state index contributed by atoms with van der Waals surface area (Å²) in [6.07, 6.45) is 6.13. The van der Waals surface area contributed by atoms with E-state index in [1.165, 1.54) is 24.0 Å². The summed E-state index contributed by atoms with van der Waals surface area (Å²) in [4.78, 5) is 0. The van der Waals surface area contributed by atoms with Crippen molar-refractivity contribution < 1.29 is 9.47 Å². The van der Waals surface area contributed by atoms with Crippen LogP contribution in [0.5, 0.6) is 5.75 Å². The van der Waals surface area contributed by atoms with Crippen LogP contribution in [0.2, 0.25) is 0 Å². The van der Waals surface area contributed by atoms with Crippen LogP contribution in [0.1, 0.15) is 49.8 Å². The lowest BCUT2D eigenvalue weighted by atomic mass is 9.97. The predicted octanol–water partition coefficient (Wildman–Crippen LogP) is 3.23. The summed E-state index contributed by atoms with van der Waals surface area (Å²) in [5, 5.41) is 3.68. The van der Waals surface area contributed by atoms with Crippen LogP contribution in [0.4, 0.5) is 0 Å². The SMILES string of the molecule is CCCNC(CC1CCCO1)c1ccc2c(c1)CCO2. The molecule has 0 aliphatic carbocycles. The Bertz CT molecular complexity index is 441. The van der Waals surface area contributed by atoms with Gasteiger partial charge in [0.2, 0.25) is 0 Å². The first-order chi connectivity index (χ1) is 9.86. The molecule has 3 heteroatoms. The van der Waals surface area contributed by atoms with Crippen LogP contribution in [-0.2, 0) is 11.2 Å². The number of fused-ring (bicyclic) bond motifs is 1. The summed E-state index contributed by atoms with van der Waals surface area (Å²) in [5.41, 5.74) is 2.75. The average Bonchev–Trinajstić information content (AvgIpc) is 3.13. The zero-order chi connectivity index (χ0) is 13.8. The molecule has 1 aromatic carbocycles. The lowest BCUT2D eigenvalue weighted by Gasteiger charge is -2.22. The van der Waals surface area contributed by atoms with Gasteiger partial charge in [-0.1, -0.05) is 19.1 Å². The Kier molecular flexibility index (Phi) is 4.58. The normalized spacial score (nSPS) is 22.6. The van der Waals surface area contributed by atoms with Gasteiger partial charge in [0.15, 0.2) is 0 Å². The topological polar surface area (TPSA) is 30.5 Å². The summed E-state index contributed by atoms with van der Waals surface area (Å²) in [6, 6.07) is 7.08. The molecule has 0 spiro atoms. The molecule has 2 aliphatic heterocycles. The maximum absolute atomic E-state index is 5.81. The van der Waals surface area contributed by atoms with E-state index in [2.05, 4.69) is 30.4 Å². The Hall–Kier alpha value is -1.06. The molecule has 110 valence electrons. The maximum Gasteiger partial charge on any atom is 0.122 e. The molecule has 2 atom stereocenters. The number of ether oxygens (including phenoxy) is 2. The highest BCUT2D eigenvalue weighted by Crippen LogP contribution is 2.31. The lowest BCUT2D eigenvalue weighted by molar-refractivity contribution is 0.0945. The number of hydrogen-bond donors (Lipinski definition) is 1. The molecule has 1 aromatic rings. The third-order valence-electron chi connectivity index (χ3n) is 4.28. The van der Waals surface area contributed by atoms with Gasteiger partial charge >= 0.3 is 0 Å². The van der Waals surface area contributed by atoms with Gasteiger partial charge in [-0.3, -0.25) is 0 Å². The molecule has 20 heavy (non-hydrogen) atoms. The van der Waals surface area contributed by atoms with Gasteiger partial charge in [0.05, 0.1) is 12.7 Å². The second kappa shape index (κ2) is 6.59. The Morgan fingerprint density at radius 3 is 3.10 bits per heavy atom. The Morgan fingerprint density at radius 1 is 1.35 bits per heavy atom. The van der Waals surface area contributed by atoms with Crippen molar-refractivity contribution in [3.63, 3.8) is 0 Å². The Balaban J connectivity index is 1.73. The Morgan fingerprint density at radius 2 is 2.30 bits per heavy atom. The van der Waals surface area contributed by atoms with E-state index in [1.807, 2.05) is 0 Å². The first kappa shape index (κ1) is 13.9. The van der Waals surface area contributed by atoms with Crippen LogP contribution in [0.3, 0.4) is 0 Å². The molecule has 1 fully saturated rings. The zero-order valence-electron chi connectivity index (χ0n) is 12.4. The molecule has 0 bridgehead atoms. The van der Waals surface area contributed by atoms with Crippen LogP contribution in [-0.4, -0.2) is 25.9 Å². The second-order valence-corrected chi connectivity index (χ2v) is 5.84. The van der Waals surface area contributed by atoms with Gasteiger partial charge < -0.3 is 14.8 Å². The van der Waals surface area contributed by atoms with Crippen molar-refractivity contribution in [1.29, 1.82) is 0 Å². The van der Waals surface area contributed by atoms with Crippen molar-refractivity contribution in [2.75, 3.05) is 19.8 Å². The van der Waals surface area contributed by atoms with E-state index >= 15 is 0 Å². The van der Waals surface area contributed by atoms with Crippen LogP contribution in [0.25, 0.3) is 0 Å². The minimum absolute atomic E-state index is 0.406. The predicted molar refractivity (Wildman–Crippen MR) is 80.3 cm³/mol. The van der Waals surface area contributed by atoms with E-state index in [1.54, 1.807) is 0 Å². The maximum atomic E-state index is 5.81. The quantitative estimate of drug-likeness (QED) is 0.864. The molecule has 3 rings (SSSR count). The monoisotopic (exact) mass is 275 g/mol. The number of rotatable bonds is 6. The molecule has 0 amide bonds. The number of hydrogen-bond acceptors (Lipinski definition) is 3. The van der Waals surface area contributed by atoms with Gasteiger partial charge in [0.25, 0.3) is 0 Å². The lowest BCUT2D eigenvalue weighted by Crippen LogP contribution is -2.26. The molecule has 2 aliphatic rings. The molecule has 1 N–H and O–H groups in total. The van der Waals surface area contributed by atoms with Crippen LogP contribution in [0, 0.1) is 0 Å². The first-order valence-electron chi connectivity index (χ1n) is 7.97. The number of benzene rings is 1. The molecule has 0 saturated carbocycles. The summed E-state index contributed by atoms with van der Waals surface area (Å²) >= 11 is 0. The van der Waals surface area contributed by atoms with Gasteiger partial charge in [0, 0.05) is 19.1 Å². The third kappa shape index (κ3) is 3.15. The highest BCUT2D eigenvalue weighted by Gasteiger charge is 2.23. The van der Waals surface area contributed by atoms with Crippen LogP contribution >= 0.6 is 0 Å². The van der Waals surface area contributed by atoms with Crippen LogP contribution in [0.15, 0.2) is 18.2 Å². The number of nitrogens with one attached hydrogen (secondary N) is 1. The minimum atomic E-state index is 0.406. The van der Waals surface area contributed by atoms with Gasteiger partial charge in [-0.05, 0) is 49.4 Å². The summed E-state index contributed by atoms with van der Waals surface area (Å²) in [6.45, 7) is 5.04. The fourth-order valence-electron chi connectivity index (χ4n) is 3.17. The van der Waals surface area contributed by atoms with E-state index in [-0.39, 0.29) is 0 Å². The van der Waals surface area contributed by atoms with Crippen molar-refractivity contribution in [1.82, 2.24) is 5.32 Å². The molecular formula is C17H25NO2. The van der Waals surface area contributed by atoms with Gasteiger partial charge in [-0.2, -0.15) is 0 Å². The fourth-order valence-corrected chi connectivity index (χ4v) is 3.17. The van der Waals surface area contributed by atoms with Gasteiger partial charge in [-0.25, -0.2) is 0 Å². The fraction of sp³-hybridized carbons (Fsp3) is 0.647. The van der Waals surface area contributed by atoms with Gasteiger partial charge in [0.1, 0.15) is 5.75 Å². The van der Waals surface area contributed by atoms with Crippen molar-refractivity contribution >= 4 is 0 Å². The van der Waals surface area contributed by atoms with Crippen molar-refractivity contribution in [2.24, 2.45) is 0 Å². The van der Waals surface area contributed by atoms with Crippen molar-refractivity contribution in [3.8, 4) is 5.75 Å². The second-order valence-electron chi connectivity index (χ2n) is 5.84. The summed E-state index contributed by atoms with van der Waals surface area (Å²) in [7, 11) is 0. The highest BCUT2D eigenvalue weighted by atomic mass is 16.5. The molecule has 1 saturated heterocycles. The molecule has 0 aromatic heterocycles. The largest absolute Gasteiger partial charge is 0.493 e. The van der Waals surface area contributed by atoms with E-state index in [9.17, 15) is 0 Å². The standard InChI is InChI=1S/C17H25NO2/c1-2-8-18-16(12-15-4-3-9-19-15)13-5-6-17-14(11-13)7-10-20-17/h5-6,11,15-16,18H,2-4,7-10,12H2,1H3. The summed E-state index contributed by atoms with van der Waals surface area (Å²) < 4.78 is 11.4. The van der Waals surface area contributed by atoms with Crippen molar-refractivity contribution in [3.05, 3.63) is 29.3 Å². The molecule has 2 unspecified atom stereocenters. The van der Waals surface area contributed by atoms with Crippen LogP contribution < -0.4 is 10.1 Å².